The number of nitrogens with zero attached hydrogens (tertiary/aromatic N) is 1. The first-order valence-electron chi connectivity index (χ1n) is 9.31. The fourth-order valence-corrected chi connectivity index (χ4v) is 3.50. The Balaban J connectivity index is 2.27. The van der Waals surface area contributed by atoms with Crippen LogP contribution in [0.4, 0.5) is 5.69 Å². The standard InChI is InChI=1S/C22H20BrIN2O5/c1-3-29-19-11-14(10-18(24)21(19)31-13-20(27)30-4-2)9-15(12-25)22(28)26-17-7-5-16(23)6-8-17/h5-11H,3-4,13H2,1-2H3,(H,26,28)/b15-9+. The highest BCUT2D eigenvalue weighted by Gasteiger charge is 2.16. The second-order valence-electron chi connectivity index (χ2n) is 5.99. The van der Waals surface area contributed by atoms with Crippen LogP contribution in [0.25, 0.3) is 6.08 Å². The monoisotopic (exact) mass is 598 g/mol. The van der Waals surface area contributed by atoms with Gasteiger partial charge >= 0.3 is 5.97 Å². The molecular weight excluding hydrogens is 579 g/mol. The lowest BCUT2D eigenvalue weighted by molar-refractivity contribution is -0.145. The van der Waals surface area contributed by atoms with Crippen LogP contribution in [0, 0.1) is 14.9 Å². The molecule has 0 aromatic heterocycles. The number of amides is 1. The third kappa shape index (κ3) is 7.56. The molecule has 162 valence electrons. The van der Waals surface area contributed by atoms with E-state index in [2.05, 4.69) is 21.2 Å². The zero-order chi connectivity index (χ0) is 22.8. The lowest BCUT2D eigenvalue weighted by Crippen LogP contribution is -2.15. The van der Waals surface area contributed by atoms with Gasteiger partial charge < -0.3 is 19.5 Å². The third-order valence-corrected chi connectivity index (χ3v) is 5.08. The van der Waals surface area contributed by atoms with Gasteiger partial charge in [0.05, 0.1) is 16.8 Å². The van der Waals surface area contributed by atoms with Gasteiger partial charge in [0.2, 0.25) is 0 Å². The Morgan fingerprint density at radius 2 is 1.87 bits per heavy atom. The number of hydrogen-bond donors (Lipinski definition) is 1. The maximum Gasteiger partial charge on any atom is 0.344 e. The zero-order valence-electron chi connectivity index (χ0n) is 16.9. The molecule has 7 nitrogen and oxygen atoms in total. The minimum atomic E-state index is -0.527. The van der Waals surface area contributed by atoms with Gasteiger partial charge in [-0.05, 0) is 84.5 Å². The van der Waals surface area contributed by atoms with E-state index in [-0.39, 0.29) is 18.8 Å². The first-order chi connectivity index (χ1) is 14.9. The highest BCUT2D eigenvalue weighted by molar-refractivity contribution is 14.1. The Bertz CT molecular complexity index is 1020. The summed E-state index contributed by atoms with van der Waals surface area (Å²) in [7, 11) is 0. The molecule has 0 aliphatic heterocycles. The molecule has 0 spiro atoms. The van der Waals surface area contributed by atoms with Crippen molar-refractivity contribution in [2.75, 3.05) is 25.1 Å². The van der Waals surface area contributed by atoms with Crippen molar-refractivity contribution in [1.29, 1.82) is 5.26 Å². The summed E-state index contributed by atoms with van der Waals surface area (Å²) in [4.78, 5) is 24.1. The summed E-state index contributed by atoms with van der Waals surface area (Å²) in [6.45, 7) is 3.91. The van der Waals surface area contributed by atoms with Crippen molar-refractivity contribution < 1.29 is 23.8 Å². The van der Waals surface area contributed by atoms with E-state index in [1.165, 1.54) is 6.08 Å². The molecule has 2 rings (SSSR count). The number of nitriles is 1. The molecule has 0 saturated carbocycles. The normalized spacial score (nSPS) is 10.7. The van der Waals surface area contributed by atoms with Crippen LogP contribution in [0.1, 0.15) is 19.4 Å². The Morgan fingerprint density at radius 1 is 1.16 bits per heavy atom. The molecule has 2 aromatic rings. The molecule has 0 aliphatic carbocycles. The number of ether oxygens (including phenoxy) is 3. The van der Waals surface area contributed by atoms with Gasteiger partial charge in [-0.1, -0.05) is 15.9 Å². The molecule has 31 heavy (non-hydrogen) atoms. The predicted molar refractivity (Wildman–Crippen MR) is 129 cm³/mol. The van der Waals surface area contributed by atoms with Crippen molar-refractivity contribution in [3.63, 3.8) is 0 Å². The fraction of sp³-hybridized carbons (Fsp3) is 0.227. The van der Waals surface area contributed by atoms with Crippen molar-refractivity contribution in [2.45, 2.75) is 13.8 Å². The molecular formula is C22H20BrIN2O5. The zero-order valence-corrected chi connectivity index (χ0v) is 20.7. The van der Waals surface area contributed by atoms with E-state index in [4.69, 9.17) is 14.2 Å². The molecule has 0 radical (unpaired) electrons. The van der Waals surface area contributed by atoms with Gasteiger partial charge in [0.1, 0.15) is 11.6 Å². The van der Waals surface area contributed by atoms with Gasteiger partial charge in [-0.3, -0.25) is 4.79 Å². The van der Waals surface area contributed by atoms with Crippen molar-refractivity contribution in [1.82, 2.24) is 0 Å². The molecule has 2 aromatic carbocycles. The molecule has 0 bridgehead atoms. The SMILES string of the molecule is CCOC(=O)COc1c(I)cc(/C=C(\C#N)C(=O)Nc2ccc(Br)cc2)cc1OCC. The van der Waals surface area contributed by atoms with E-state index in [0.717, 1.165) is 4.47 Å². The van der Waals surface area contributed by atoms with Crippen molar-refractivity contribution in [3.05, 3.63) is 55.6 Å². The first-order valence-corrected chi connectivity index (χ1v) is 11.2. The number of halogens is 2. The van der Waals surface area contributed by atoms with Crippen LogP contribution in [0.2, 0.25) is 0 Å². The van der Waals surface area contributed by atoms with Gasteiger partial charge in [0.25, 0.3) is 5.91 Å². The third-order valence-electron chi connectivity index (χ3n) is 3.75. The summed E-state index contributed by atoms with van der Waals surface area (Å²) in [5.74, 6) is -0.220. The van der Waals surface area contributed by atoms with E-state index in [1.54, 1.807) is 43.3 Å². The summed E-state index contributed by atoms with van der Waals surface area (Å²) < 4.78 is 17.6. The second-order valence-corrected chi connectivity index (χ2v) is 8.07. The van der Waals surface area contributed by atoms with Crippen LogP contribution in [-0.4, -0.2) is 31.7 Å². The Morgan fingerprint density at radius 3 is 2.48 bits per heavy atom. The number of esters is 1. The maximum absolute atomic E-state index is 12.5. The van der Waals surface area contributed by atoms with Crippen molar-refractivity contribution in [3.8, 4) is 17.6 Å². The van der Waals surface area contributed by atoms with Gasteiger partial charge in [0, 0.05) is 10.2 Å². The molecule has 9 heteroatoms. The fourth-order valence-electron chi connectivity index (χ4n) is 2.45. The second kappa shape index (κ2) is 12.3. The highest BCUT2D eigenvalue weighted by Crippen LogP contribution is 2.35. The molecule has 0 fully saturated rings. The quantitative estimate of drug-likeness (QED) is 0.190. The Hall–Kier alpha value is -2.58. The lowest BCUT2D eigenvalue weighted by Gasteiger charge is -2.14. The van der Waals surface area contributed by atoms with Crippen LogP contribution >= 0.6 is 38.5 Å². The molecule has 1 amide bonds. The Labute approximate surface area is 202 Å². The van der Waals surface area contributed by atoms with Crippen LogP contribution in [0.15, 0.2) is 46.4 Å². The van der Waals surface area contributed by atoms with E-state index in [9.17, 15) is 14.9 Å². The Kier molecular flexibility index (Phi) is 9.81. The predicted octanol–water partition coefficient (Wildman–Crippen LogP) is 4.94. The van der Waals surface area contributed by atoms with Crippen LogP contribution in [0.3, 0.4) is 0 Å². The van der Waals surface area contributed by atoms with Gasteiger partial charge in [-0.15, -0.1) is 0 Å². The topological polar surface area (TPSA) is 97.7 Å². The minimum Gasteiger partial charge on any atom is -0.490 e. The maximum atomic E-state index is 12.5. The number of anilines is 1. The molecule has 0 saturated heterocycles. The first kappa shape index (κ1) is 24.7. The average Bonchev–Trinajstić information content (AvgIpc) is 2.73. The molecule has 0 unspecified atom stereocenters. The number of nitrogens with one attached hydrogen (secondary N) is 1. The van der Waals surface area contributed by atoms with E-state index < -0.39 is 11.9 Å². The summed E-state index contributed by atoms with van der Waals surface area (Å²) in [5.41, 5.74) is 1.09. The van der Waals surface area contributed by atoms with Crippen LogP contribution in [-0.2, 0) is 14.3 Å². The smallest absolute Gasteiger partial charge is 0.344 e. The van der Waals surface area contributed by atoms with Gasteiger partial charge in [-0.25, -0.2) is 4.79 Å². The van der Waals surface area contributed by atoms with Crippen molar-refractivity contribution in [2.24, 2.45) is 0 Å². The highest BCUT2D eigenvalue weighted by atomic mass is 127. The minimum absolute atomic E-state index is 0.0682. The molecule has 0 aliphatic rings. The van der Waals surface area contributed by atoms with E-state index in [1.807, 2.05) is 35.6 Å². The number of rotatable bonds is 9. The number of benzene rings is 2. The summed E-state index contributed by atoms with van der Waals surface area (Å²) in [5, 5.41) is 12.2. The molecule has 0 heterocycles. The van der Waals surface area contributed by atoms with Crippen molar-refractivity contribution >= 4 is 62.2 Å². The average molecular weight is 599 g/mol. The van der Waals surface area contributed by atoms with E-state index in [0.29, 0.717) is 32.9 Å². The van der Waals surface area contributed by atoms with Crippen LogP contribution < -0.4 is 14.8 Å². The molecule has 0 atom stereocenters. The number of hydrogen-bond acceptors (Lipinski definition) is 6. The van der Waals surface area contributed by atoms with Gasteiger partial charge in [0.15, 0.2) is 18.1 Å². The summed E-state index contributed by atoms with van der Waals surface area (Å²) in [6, 6.07) is 12.3. The largest absolute Gasteiger partial charge is 0.490 e. The summed E-state index contributed by atoms with van der Waals surface area (Å²) in [6.07, 6.45) is 1.47. The lowest BCUT2D eigenvalue weighted by atomic mass is 10.1. The summed E-state index contributed by atoms with van der Waals surface area (Å²) >= 11 is 5.38. The van der Waals surface area contributed by atoms with E-state index >= 15 is 0 Å². The number of carbonyl (C=O) groups is 2. The number of carbonyl (C=O) groups excluding carboxylic acids is 2. The molecule has 1 N–H and O–H groups in total. The van der Waals surface area contributed by atoms with Gasteiger partial charge in [-0.2, -0.15) is 5.26 Å². The van der Waals surface area contributed by atoms with Crippen LogP contribution in [0.5, 0.6) is 11.5 Å².